The molecule has 0 saturated carbocycles. The molecule has 2 heteroatoms. The summed E-state index contributed by atoms with van der Waals surface area (Å²) in [4.78, 5) is 2.66. The fraction of sp³-hybridized carbons (Fsp3) is 0.571. The van der Waals surface area contributed by atoms with Crippen molar-refractivity contribution in [3.05, 3.63) is 35.9 Å². The number of hydrogen-bond donors (Lipinski definition) is 0. The number of hydrogen-bond acceptors (Lipinski definition) is 1. The summed E-state index contributed by atoms with van der Waals surface area (Å²) < 4.78 is 0.659. The Morgan fingerprint density at radius 1 is 1.31 bits per heavy atom. The summed E-state index contributed by atoms with van der Waals surface area (Å²) in [6.45, 7) is 3.59. The van der Waals surface area contributed by atoms with Gasteiger partial charge in [0.2, 0.25) is 0 Å². The Kier molecular flexibility index (Phi) is 4.65. The van der Waals surface area contributed by atoms with Crippen LogP contribution in [0.15, 0.2) is 30.3 Å². The molecule has 0 aromatic heterocycles. The molecule has 1 aromatic carbocycles. The Morgan fingerprint density at radius 3 is 2.75 bits per heavy atom. The van der Waals surface area contributed by atoms with Crippen molar-refractivity contribution < 1.29 is 0 Å². The summed E-state index contributed by atoms with van der Waals surface area (Å²) in [5.41, 5.74) is 1.48. The molecule has 0 spiro atoms. The number of benzene rings is 1. The minimum atomic E-state index is 0.659. The third-order valence-corrected chi connectivity index (χ3v) is 4.16. The van der Waals surface area contributed by atoms with Crippen LogP contribution < -0.4 is 0 Å². The van der Waals surface area contributed by atoms with E-state index in [1.807, 2.05) is 0 Å². The van der Waals surface area contributed by atoms with Crippen LogP contribution in [0.5, 0.6) is 0 Å². The third kappa shape index (κ3) is 3.20. The van der Waals surface area contributed by atoms with Crippen molar-refractivity contribution >= 4 is 22.6 Å². The minimum absolute atomic E-state index is 0.659. The molecule has 0 bridgehead atoms. The fourth-order valence-corrected chi connectivity index (χ4v) is 3.33. The average molecular weight is 329 g/mol. The summed E-state index contributed by atoms with van der Waals surface area (Å²) in [6, 6.07) is 11.7. The zero-order valence-corrected chi connectivity index (χ0v) is 12.1. The van der Waals surface area contributed by atoms with Crippen LogP contribution >= 0.6 is 22.6 Å². The van der Waals surface area contributed by atoms with E-state index in [-0.39, 0.29) is 0 Å². The van der Waals surface area contributed by atoms with Crippen LogP contribution in [0.4, 0.5) is 0 Å². The van der Waals surface area contributed by atoms with Crippen LogP contribution in [-0.2, 0) is 6.42 Å². The lowest BCUT2D eigenvalue weighted by molar-refractivity contribution is 0.147. The first-order valence-electron chi connectivity index (χ1n) is 6.21. The van der Waals surface area contributed by atoms with Gasteiger partial charge in [0.25, 0.3) is 0 Å². The van der Waals surface area contributed by atoms with Crippen molar-refractivity contribution in [1.29, 1.82) is 0 Å². The summed E-state index contributed by atoms with van der Waals surface area (Å²) in [7, 11) is 0. The molecule has 16 heavy (non-hydrogen) atoms. The number of halogens is 1. The van der Waals surface area contributed by atoms with Crippen molar-refractivity contribution in [1.82, 2.24) is 4.90 Å². The highest BCUT2D eigenvalue weighted by Crippen LogP contribution is 2.24. The van der Waals surface area contributed by atoms with Gasteiger partial charge in [0.15, 0.2) is 0 Å². The van der Waals surface area contributed by atoms with Gasteiger partial charge in [-0.25, -0.2) is 0 Å². The zero-order chi connectivity index (χ0) is 11.4. The Morgan fingerprint density at radius 2 is 2.06 bits per heavy atom. The Balaban J connectivity index is 2.01. The molecule has 0 radical (unpaired) electrons. The van der Waals surface area contributed by atoms with E-state index in [9.17, 15) is 0 Å². The predicted molar refractivity (Wildman–Crippen MR) is 78.0 cm³/mol. The molecule has 1 heterocycles. The summed E-state index contributed by atoms with van der Waals surface area (Å²) in [5.74, 6) is 0. The lowest BCUT2D eigenvalue weighted by Crippen LogP contribution is -2.43. The number of piperidine rings is 1. The van der Waals surface area contributed by atoms with Crippen molar-refractivity contribution in [3.8, 4) is 0 Å². The Hall–Kier alpha value is -0.0900. The molecule has 1 aromatic rings. The molecule has 0 N–H and O–H groups in total. The van der Waals surface area contributed by atoms with E-state index in [2.05, 4.69) is 64.7 Å². The van der Waals surface area contributed by atoms with Gasteiger partial charge in [-0.2, -0.15) is 0 Å². The first kappa shape index (κ1) is 12.4. The maximum absolute atomic E-state index is 2.66. The quantitative estimate of drug-likeness (QED) is 0.462. The Bertz CT molecular complexity index is 310. The molecule has 1 aliphatic rings. The molecule has 0 aliphatic carbocycles. The molecule has 0 amide bonds. The van der Waals surface area contributed by atoms with E-state index in [1.165, 1.54) is 37.8 Å². The van der Waals surface area contributed by atoms with Gasteiger partial charge in [0, 0.05) is 6.04 Å². The highest BCUT2D eigenvalue weighted by atomic mass is 127. The van der Waals surface area contributed by atoms with Crippen LogP contribution in [0.25, 0.3) is 0 Å². The van der Waals surface area contributed by atoms with E-state index >= 15 is 0 Å². The molecule has 1 aliphatic heterocycles. The molecule has 2 atom stereocenters. The Labute approximate surface area is 112 Å². The number of nitrogens with zero attached hydrogens (tertiary/aromatic N) is 1. The van der Waals surface area contributed by atoms with Crippen LogP contribution in [0.2, 0.25) is 0 Å². The minimum Gasteiger partial charge on any atom is -0.289 e. The van der Waals surface area contributed by atoms with Crippen molar-refractivity contribution in [3.63, 3.8) is 0 Å². The number of likely N-dealkylation sites (tertiary alicyclic amines) is 1. The first-order chi connectivity index (χ1) is 7.77. The van der Waals surface area contributed by atoms with Crippen molar-refractivity contribution in [2.24, 2.45) is 0 Å². The molecule has 1 saturated heterocycles. The van der Waals surface area contributed by atoms with Gasteiger partial charge in [-0.05, 0) is 38.3 Å². The smallest absolute Gasteiger partial charge is 0.0592 e. The van der Waals surface area contributed by atoms with Gasteiger partial charge >= 0.3 is 0 Å². The van der Waals surface area contributed by atoms with E-state index in [4.69, 9.17) is 0 Å². The molecule has 2 unspecified atom stereocenters. The highest BCUT2D eigenvalue weighted by Gasteiger charge is 2.24. The zero-order valence-electron chi connectivity index (χ0n) is 9.90. The lowest BCUT2D eigenvalue weighted by Gasteiger charge is -2.38. The van der Waals surface area contributed by atoms with Crippen LogP contribution in [0, 0.1) is 0 Å². The summed E-state index contributed by atoms with van der Waals surface area (Å²) in [5, 5.41) is 0. The molecule has 1 nitrogen and oxygen atoms in total. The standard InChI is InChI=1S/C14H20IN/c1-12(15)16-10-6-5-9-14(16)11-13-7-3-2-4-8-13/h2-4,7-8,12,14H,5-6,9-11H2,1H3. The second-order valence-corrected chi connectivity index (χ2v) is 6.45. The topological polar surface area (TPSA) is 3.24 Å². The summed E-state index contributed by atoms with van der Waals surface area (Å²) in [6.07, 6.45) is 5.35. The van der Waals surface area contributed by atoms with Gasteiger partial charge in [-0.3, -0.25) is 4.90 Å². The average Bonchev–Trinajstić information content (AvgIpc) is 2.31. The van der Waals surface area contributed by atoms with Crippen LogP contribution in [-0.4, -0.2) is 21.5 Å². The van der Waals surface area contributed by atoms with E-state index in [0.29, 0.717) is 4.05 Å². The largest absolute Gasteiger partial charge is 0.289 e. The third-order valence-electron chi connectivity index (χ3n) is 3.44. The maximum Gasteiger partial charge on any atom is 0.0592 e. The second-order valence-electron chi connectivity index (χ2n) is 4.65. The second kappa shape index (κ2) is 6.01. The van der Waals surface area contributed by atoms with Gasteiger partial charge in [0.1, 0.15) is 0 Å². The first-order valence-corrected chi connectivity index (χ1v) is 7.45. The van der Waals surface area contributed by atoms with Crippen LogP contribution in [0.3, 0.4) is 0 Å². The van der Waals surface area contributed by atoms with Gasteiger partial charge < -0.3 is 0 Å². The SMILES string of the molecule is CC(I)N1CCCCC1Cc1ccccc1. The van der Waals surface area contributed by atoms with Crippen molar-refractivity contribution in [2.45, 2.75) is 42.7 Å². The predicted octanol–water partition coefficient (Wildman–Crippen LogP) is 3.86. The molecular formula is C14H20IN. The van der Waals surface area contributed by atoms with E-state index < -0.39 is 0 Å². The van der Waals surface area contributed by atoms with Gasteiger partial charge in [-0.1, -0.05) is 59.3 Å². The molecule has 1 fully saturated rings. The summed E-state index contributed by atoms with van der Waals surface area (Å²) >= 11 is 2.55. The van der Waals surface area contributed by atoms with E-state index in [0.717, 1.165) is 6.04 Å². The van der Waals surface area contributed by atoms with E-state index in [1.54, 1.807) is 0 Å². The van der Waals surface area contributed by atoms with Gasteiger partial charge in [0.05, 0.1) is 4.05 Å². The highest BCUT2D eigenvalue weighted by molar-refractivity contribution is 14.1. The van der Waals surface area contributed by atoms with Gasteiger partial charge in [-0.15, -0.1) is 0 Å². The molecular weight excluding hydrogens is 309 g/mol. The number of rotatable bonds is 3. The lowest BCUT2D eigenvalue weighted by atomic mass is 9.96. The number of alkyl halides is 1. The molecule has 88 valence electrons. The fourth-order valence-electron chi connectivity index (χ4n) is 2.60. The molecule has 2 rings (SSSR count). The normalized spacial score (nSPS) is 24.2. The maximum atomic E-state index is 2.66. The van der Waals surface area contributed by atoms with Crippen molar-refractivity contribution in [2.75, 3.05) is 6.54 Å². The monoisotopic (exact) mass is 329 g/mol. The van der Waals surface area contributed by atoms with Crippen LogP contribution in [0.1, 0.15) is 31.7 Å².